The first-order chi connectivity index (χ1) is 15.1. The van der Waals surface area contributed by atoms with Crippen molar-refractivity contribution in [3.05, 3.63) is 24.3 Å². The monoisotopic (exact) mass is 428 g/mol. The van der Waals surface area contributed by atoms with Gasteiger partial charge < -0.3 is 19.3 Å². The van der Waals surface area contributed by atoms with Crippen LogP contribution in [0.3, 0.4) is 0 Å². The molecule has 0 spiro atoms. The number of benzene rings is 1. The third kappa shape index (κ3) is 5.92. The van der Waals surface area contributed by atoms with Gasteiger partial charge in [0.25, 0.3) is 0 Å². The fraction of sp³-hybridized carbons (Fsp3) is 0.680. The van der Waals surface area contributed by atoms with Crippen molar-refractivity contribution in [3.63, 3.8) is 0 Å². The second-order valence-electron chi connectivity index (χ2n) is 9.51. The van der Waals surface area contributed by atoms with Crippen LogP contribution in [0.1, 0.15) is 57.8 Å². The molecule has 170 valence electrons. The normalized spacial score (nSPS) is 22.2. The molecule has 2 aliphatic heterocycles. The first kappa shape index (κ1) is 22.0. The Balaban J connectivity index is 1.17. The number of hydrogen-bond acceptors (Lipinski definition) is 4. The number of carbonyl (C=O) groups is 2. The van der Waals surface area contributed by atoms with Crippen molar-refractivity contribution in [2.45, 2.75) is 63.9 Å². The first-order valence-corrected chi connectivity index (χ1v) is 12.0. The summed E-state index contributed by atoms with van der Waals surface area (Å²) in [7, 11) is 1.84. The van der Waals surface area contributed by atoms with Gasteiger partial charge >= 0.3 is 0 Å². The standard InChI is InChI=1S/C25H36N2O4/c1-26(17-21-18-30-22-9-5-6-10-23(22)31-21)24(28)15-20-11-13-27(14-12-20)25(29)16-19-7-3-2-4-8-19/h5-6,9-10,19-21H,2-4,7-8,11-18H2,1H3/t21-/m0/s1. The van der Waals surface area contributed by atoms with Gasteiger partial charge in [-0.25, -0.2) is 0 Å². The molecular weight excluding hydrogens is 392 g/mol. The molecule has 6 heteroatoms. The van der Waals surface area contributed by atoms with Crippen LogP contribution >= 0.6 is 0 Å². The molecule has 1 saturated carbocycles. The van der Waals surface area contributed by atoms with E-state index < -0.39 is 0 Å². The van der Waals surface area contributed by atoms with Crippen LogP contribution in [0.2, 0.25) is 0 Å². The molecule has 1 aromatic rings. The lowest BCUT2D eigenvalue weighted by molar-refractivity contribution is -0.135. The Bertz CT molecular complexity index is 754. The third-order valence-electron chi connectivity index (χ3n) is 7.09. The summed E-state index contributed by atoms with van der Waals surface area (Å²) in [6.45, 7) is 2.56. The van der Waals surface area contributed by atoms with E-state index in [0.717, 1.165) is 43.9 Å². The molecule has 0 aromatic heterocycles. The molecule has 31 heavy (non-hydrogen) atoms. The van der Waals surface area contributed by atoms with Crippen molar-refractivity contribution >= 4 is 11.8 Å². The highest BCUT2D eigenvalue weighted by molar-refractivity contribution is 5.77. The average Bonchev–Trinajstić information content (AvgIpc) is 2.80. The van der Waals surface area contributed by atoms with Crippen molar-refractivity contribution in [1.82, 2.24) is 9.80 Å². The van der Waals surface area contributed by atoms with E-state index in [-0.39, 0.29) is 12.0 Å². The summed E-state index contributed by atoms with van der Waals surface area (Å²) in [5, 5.41) is 0. The van der Waals surface area contributed by atoms with Crippen LogP contribution in [-0.4, -0.2) is 61.0 Å². The molecule has 2 heterocycles. The van der Waals surface area contributed by atoms with Gasteiger partial charge in [-0.3, -0.25) is 9.59 Å². The van der Waals surface area contributed by atoms with Crippen LogP contribution in [0, 0.1) is 11.8 Å². The molecule has 0 radical (unpaired) electrons. The van der Waals surface area contributed by atoms with E-state index in [9.17, 15) is 9.59 Å². The van der Waals surface area contributed by atoms with Crippen molar-refractivity contribution in [2.24, 2.45) is 11.8 Å². The molecule has 3 aliphatic rings. The molecule has 1 aliphatic carbocycles. The molecule has 4 rings (SSSR count). The Morgan fingerprint density at radius 1 is 0.968 bits per heavy atom. The van der Waals surface area contributed by atoms with Crippen LogP contribution in [-0.2, 0) is 9.59 Å². The minimum atomic E-state index is -0.150. The maximum atomic E-state index is 12.8. The summed E-state index contributed by atoms with van der Waals surface area (Å²) in [5.41, 5.74) is 0. The van der Waals surface area contributed by atoms with Gasteiger partial charge in [-0.15, -0.1) is 0 Å². The lowest BCUT2D eigenvalue weighted by atomic mass is 9.86. The zero-order chi connectivity index (χ0) is 21.6. The van der Waals surface area contributed by atoms with Crippen molar-refractivity contribution < 1.29 is 19.1 Å². The second-order valence-corrected chi connectivity index (χ2v) is 9.51. The summed E-state index contributed by atoms with van der Waals surface area (Å²) in [5.74, 6) is 2.92. The number of likely N-dealkylation sites (N-methyl/N-ethyl adjacent to an activating group) is 1. The zero-order valence-electron chi connectivity index (χ0n) is 18.8. The second kappa shape index (κ2) is 10.4. The van der Waals surface area contributed by atoms with Crippen molar-refractivity contribution in [2.75, 3.05) is 33.3 Å². The molecule has 0 bridgehead atoms. The summed E-state index contributed by atoms with van der Waals surface area (Å²) >= 11 is 0. The molecule has 1 saturated heterocycles. The number of amides is 2. The number of piperidine rings is 1. The average molecular weight is 429 g/mol. The Morgan fingerprint density at radius 2 is 1.65 bits per heavy atom. The van der Waals surface area contributed by atoms with E-state index in [2.05, 4.69) is 0 Å². The van der Waals surface area contributed by atoms with Gasteiger partial charge in [-0.2, -0.15) is 0 Å². The number of fused-ring (bicyclic) bond motifs is 1. The molecule has 1 atom stereocenters. The molecule has 0 unspecified atom stereocenters. The van der Waals surface area contributed by atoms with Gasteiger partial charge in [0.1, 0.15) is 6.61 Å². The van der Waals surface area contributed by atoms with E-state index >= 15 is 0 Å². The van der Waals surface area contributed by atoms with Gasteiger partial charge in [-0.05, 0) is 49.7 Å². The molecule has 2 fully saturated rings. The van der Waals surface area contributed by atoms with Crippen LogP contribution < -0.4 is 9.47 Å². The summed E-state index contributed by atoms with van der Waals surface area (Å²) in [6.07, 6.45) is 9.27. The summed E-state index contributed by atoms with van der Waals surface area (Å²) in [6, 6.07) is 7.64. The van der Waals surface area contributed by atoms with Crippen molar-refractivity contribution in [1.29, 1.82) is 0 Å². The lowest BCUT2D eigenvalue weighted by Crippen LogP contribution is -2.43. The van der Waals surface area contributed by atoms with Gasteiger partial charge in [0.2, 0.25) is 11.8 Å². The van der Waals surface area contributed by atoms with Gasteiger partial charge in [-0.1, -0.05) is 31.4 Å². The van der Waals surface area contributed by atoms with E-state index in [4.69, 9.17) is 9.47 Å². The lowest BCUT2D eigenvalue weighted by Gasteiger charge is -2.34. The summed E-state index contributed by atoms with van der Waals surface area (Å²) < 4.78 is 11.7. The number of likely N-dealkylation sites (tertiary alicyclic amines) is 1. The summed E-state index contributed by atoms with van der Waals surface area (Å²) in [4.78, 5) is 29.2. The van der Waals surface area contributed by atoms with Crippen LogP contribution in [0.25, 0.3) is 0 Å². The number of ether oxygens (including phenoxy) is 2. The number of nitrogens with zero attached hydrogens (tertiary/aromatic N) is 2. The fourth-order valence-electron chi connectivity index (χ4n) is 5.12. The Kier molecular flexibility index (Phi) is 7.36. The number of rotatable bonds is 6. The maximum Gasteiger partial charge on any atom is 0.222 e. The predicted molar refractivity (Wildman–Crippen MR) is 119 cm³/mol. The smallest absolute Gasteiger partial charge is 0.222 e. The fourth-order valence-corrected chi connectivity index (χ4v) is 5.12. The van der Waals surface area contributed by atoms with Crippen LogP contribution in [0.4, 0.5) is 0 Å². The quantitative estimate of drug-likeness (QED) is 0.690. The molecular formula is C25H36N2O4. The van der Waals surface area contributed by atoms with Gasteiger partial charge in [0, 0.05) is 33.0 Å². The van der Waals surface area contributed by atoms with Gasteiger partial charge in [0.05, 0.1) is 6.54 Å². The number of para-hydroxylation sites is 2. The topological polar surface area (TPSA) is 59.1 Å². The minimum absolute atomic E-state index is 0.148. The molecule has 1 aromatic carbocycles. The van der Waals surface area contributed by atoms with Crippen LogP contribution in [0.5, 0.6) is 11.5 Å². The molecule has 6 nitrogen and oxygen atoms in total. The Hall–Kier alpha value is -2.24. The molecule has 0 N–H and O–H groups in total. The molecule has 2 amide bonds. The van der Waals surface area contributed by atoms with Crippen molar-refractivity contribution in [3.8, 4) is 11.5 Å². The van der Waals surface area contributed by atoms with Crippen LogP contribution in [0.15, 0.2) is 24.3 Å². The maximum absolute atomic E-state index is 12.8. The SMILES string of the molecule is CN(C[C@H]1COc2ccccc2O1)C(=O)CC1CCN(C(=O)CC2CCCCC2)CC1. The zero-order valence-corrected chi connectivity index (χ0v) is 18.8. The number of carbonyl (C=O) groups excluding carboxylic acids is 2. The highest BCUT2D eigenvalue weighted by Gasteiger charge is 2.28. The third-order valence-corrected chi connectivity index (χ3v) is 7.09. The first-order valence-electron chi connectivity index (χ1n) is 12.0. The highest BCUT2D eigenvalue weighted by Crippen LogP contribution is 2.31. The number of hydrogen-bond donors (Lipinski definition) is 0. The highest BCUT2D eigenvalue weighted by atomic mass is 16.6. The Labute approximate surface area is 185 Å². The Morgan fingerprint density at radius 3 is 2.39 bits per heavy atom. The van der Waals surface area contributed by atoms with E-state index in [1.54, 1.807) is 4.90 Å². The van der Waals surface area contributed by atoms with Gasteiger partial charge in [0.15, 0.2) is 17.6 Å². The van der Waals surface area contributed by atoms with E-state index in [1.165, 1.54) is 32.1 Å². The predicted octanol–water partition coefficient (Wildman–Crippen LogP) is 3.88. The minimum Gasteiger partial charge on any atom is -0.486 e. The van der Waals surface area contributed by atoms with E-state index in [0.29, 0.717) is 37.3 Å². The van der Waals surface area contributed by atoms with E-state index in [1.807, 2.05) is 36.2 Å². The largest absolute Gasteiger partial charge is 0.486 e.